The van der Waals surface area contributed by atoms with Crippen molar-refractivity contribution in [3.8, 4) is 11.7 Å². The molecule has 0 N–H and O–H groups in total. The van der Waals surface area contributed by atoms with Gasteiger partial charge in [-0.1, -0.05) is 5.21 Å². The van der Waals surface area contributed by atoms with Crippen LogP contribution >= 0.6 is 0 Å². The molecule has 0 fully saturated rings. The lowest BCUT2D eigenvalue weighted by Crippen LogP contribution is -2.11. The van der Waals surface area contributed by atoms with Gasteiger partial charge in [0, 0.05) is 32.0 Å². The van der Waals surface area contributed by atoms with Crippen molar-refractivity contribution in [2.24, 2.45) is 0 Å². The summed E-state index contributed by atoms with van der Waals surface area (Å²) in [6.45, 7) is 1.06. The van der Waals surface area contributed by atoms with E-state index >= 15 is 0 Å². The van der Waals surface area contributed by atoms with E-state index in [2.05, 4.69) is 20.3 Å². The van der Waals surface area contributed by atoms with Crippen LogP contribution in [0, 0.1) is 5.82 Å². The van der Waals surface area contributed by atoms with Crippen molar-refractivity contribution >= 4 is 0 Å². The van der Waals surface area contributed by atoms with Gasteiger partial charge in [0.2, 0.25) is 0 Å². The number of nitrogens with zero attached hydrogens (tertiary/aromatic N) is 5. The molecule has 0 aliphatic heterocycles. The summed E-state index contributed by atoms with van der Waals surface area (Å²) in [6.07, 6.45) is 4.64. The van der Waals surface area contributed by atoms with Gasteiger partial charge in [-0.3, -0.25) is 0 Å². The molecule has 27 heavy (non-hydrogen) atoms. The topological polar surface area (TPSA) is 75.0 Å². The van der Waals surface area contributed by atoms with Crippen LogP contribution < -0.4 is 4.74 Å². The van der Waals surface area contributed by atoms with E-state index in [-0.39, 0.29) is 18.3 Å². The first-order valence-corrected chi connectivity index (χ1v) is 7.89. The van der Waals surface area contributed by atoms with Crippen molar-refractivity contribution in [3.63, 3.8) is 0 Å². The molecule has 0 radical (unpaired) electrons. The molecule has 0 saturated carbocycles. The van der Waals surface area contributed by atoms with Crippen molar-refractivity contribution in [2.75, 3.05) is 7.11 Å². The molecule has 0 aliphatic rings. The highest BCUT2D eigenvalue weighted by Crippen LogP contribution is 2.30. The Balaban J connectivity index is 1.70. The molecule has 10 heteroatoms. The Kier molecular flexibility index (Phi) is 5.36. The van der Waals surface area contributed by atoms with E-state index in [1.807, 2.05) is 0 Å². The molecule has 0 aliphatic carbocycles. The molecule has 0 amide bonds. The second kappa shape index (κ2) is 7.70. The quantitative estimate of drug-likeness (QED) is 0.628. The standard InChI is InChI=1S/C17H16F3N5O2/c1-17(19,20)14-5-13(3-4-15(14)18)25-8-12(23-24-25)10-27-16-21-6-11(7-22-16)9-26-2/h3-8H,9-10H2,1-2H3. The lowest BCUT2D eigenvalue weighted by atomic mass is 10.1. The maximum absolute atomic E-state index is 13.6. The third-order valence-electron chi connectivity index (χ3n) is 3.57. The summed E-state index contributed by atoms with van der Waals surface area (Å²) >= 11 is 0. The summed E-state index contributed by atoms with van der Waals surface area (Å²) in [4.78, 5) is 8.06. The van der Waals surface area contributed by atoms with E-state index in [0.29, 0.717) is 19.2 Å². The van der Waals surface area contributed by atoms with E-state index in [9.17, 15) is 13.2 Å². The molecule has 0 saturated heterocycles. The number of rotatable bonds is 7. The van der Waals surface area contributed by atoms with Crippen molar-refractivity contribution in [2.45, 2.75) is 26.1 Å². The number of methoxy groups -OCH3 is 1. The van der Waals surface area contributed by atoms with Crippen molar-refractivity contribution in [1.82, 2.24) is 25.0 Å². The number of benzene rings is 1. The largest absolute Gasteiger partial charge is 0.457 e. The third-order valence-corrected chi connectivity index (χ3v) is 3.57. The molecule has 3 rings (SSSR count). The Bertz CT molecular complexity index is 910. The Morgan fingerprint density at radius 3 is 2.56 bits per heavy atom. The number of alkyl halides is 2. The van der Waals surface area contributed by atoms with Crippen molar-refractivity contribution in [1.29, 1.82) is 0 Å². The van der Waals surface area contributed by atoms with E-state index in [0.717, 1.165) is 17.7 Å². The lowest BCUT2D eigenvalue weighted by molar-refractivity contribution is 0.0137. The monoisotopic (exact) mass is 379 g/mol. The van der Waals surface area contributed by atoms with Gasteiger partial charge in [0.25, 0.3) is 5.92 Å². The molecular formula is C17H16F3N5O2. The third kappa shape index (κ3) is 4.59. The van der Waals surface area contributed by atoms with E-state index in [4.69, 9.17) is 9.47 Å². The Hall–Kier alpha value is -3.01. The first kappa shape index (κ1) is 18.8. The van der Waals surface area contributed by atoms with Gasteiger partial charge in [-0.2, -0.15) is 0 Å². The molecule has 0 atom stereocenters. The van der Waals surface area contributed by atoms with E-state index in [1.54, 1.807) is 19.5 Å². The minimum atomic E-state index is -3.31. The average molecular weight is 379 g/mol. The van der Waals surface area contributed by atoms with Crippen LogP contribution in [0.3, 0.4) is 0 Å². The molecule has 0 bridgehead atoms. The molecule has 142 valence electrons. The van der Waals surface area contributed by atoms with Crippen LogP contribution in [0.5, 0.6) is 6.01 Å². The molecule has 2 aromatic heterocycles. The number of halogens is 3. The fraction of sp³-hybridized carbons (Fsp3) is 0.294. The molecule has 2 heterocycles. The summed E-state index contributed by atoms with van der Waals surface area (Å²) in [7, 11) is 1.57. The predicted octanol–water partition coefficient (Wildman–Crippen LogP) is 3.03. The summed E-state index contributed by atoms with van der Waals surface area (Å²) in [5.74, 6) is -4.29. The van der Waals surface area contributed by atoms with Crippen LogP contribution in [0.25, 0.3) is 5.69 Å². The Labute approximate surface area is 152 Å². The number of aromatic nitrogens is 5. The molecule has 0 unspecified atom stereocenters. The van der Waals surface area contributed by atoms with Gasteiger partial charge >= 0.3 is 6.01 Å². The smallest absolute Gasteiger partial charge is 0.316 e. The van der Waals surface area contributed by atoms with Gasteiger partial charge in [0.05, 0.1) is 24.1 Å². The van der Waals surface area contributed by atoms with E-state index < -0.39 is 17.3 Å². The molecule has 7 nitrogen and oxygen atoms in total. The van der Waals surface area contributed by atoms with Gasteiger partial charge in [0.1, 0.15) is 18.1 Å². The van der Waals surface area contributed by atoms with Gasteiger partial charge in [-0.05, 0) is 18.2 Å². The summed E-state index contributed by atoms with van der Waals surface area (Å²) < 4.78 is 52.2. The minimum absolute atomic E-state index is 0.0294. The van der Waals surface area contributed by atoms with Crippen molar-refractivity contribution < 1.29 is 22.6 Å². The second-order valence-electron chi connectivity index (χ2n) is 5.80. The fourth-order valence-electron chi connectivity index (χ4n) is 2.28. The van der Waals surface area contributed by atoms with Gasteiger partial charge in [0.15, 0.2) is 0 Å². The Morgan fingerprint density at radius 1 is 1.15 bits per heavy atom. The molecule has 1 aromatic carbocycles. The van der Waals surface area contributed by atoms with Crippen LogP contribution in [0.15, 0.2) is 36.8 Å². The van der Waals surface area contributed by atoms with Crippen LogP contribution in [0.2, 0.25) is 0 Å². The van der Waals surface area contributed by atoms with E-state index in [1.165, 1.54) is 16.9 Å². The fourth-order valence-corrected chi connectivity index (χ4v) is 2.28. The van der Waals surface area contributed by atoms with Crippen LogP contribution in [0.4, 0.5) is 13.2 Å². The van der Waals surface area contributed by atoms with Gasteiger partial charge in [-0.25, -0.2) is 27.8 Å². The summed E-state index contributed by atoms with van der Waals surface area (Å²) in [5, 5.41) is 7.75. The lowest BCUT2D eigenvalue weighted by Gasteiger charge is -2.12. The van der Waals surface area contributed by atoms with Gasteiger partial charge in [-0.15, -0.1) is 5.10 Å². The van der Waals surface area contributed by atoms with Crippen LogP contribution in [-0.4, -0.2) is 32.1 Å². The zero-order valence-corrected chi connectivity index (χ0v) is 14.6. The maximum atomic E-state index is 13.6. The maximum Gasteiger partial charge on any atom is 0.316 e. The normalized spacial score (nSPS) is 11.6. The predicted molar refractivity (Wildman–Crippen MR) is 88.0 cm³/mol. The Morgan fingerprint density at radius 2 is 1.89 bits per heavy atom. The summed E-state index contributed by atoms with van der Waals surface area (Å²) in [5.41, 5.74) is 0.772. The number of hydrogen-bond acceptors (Lipinski definition) is 6. The first-order valence-electron chi connectivity index (χ1n) is 7.89. The van der Waals surface area contributed by atoms with Crippen LogP contribution in [0.1, 0.15) is 23.7 Å². The molecular weight excluding hydrogens is 363 g/mol. The van der Waals surface area contributed by atoms with Crippen LogP contribution in [-0.2, 0) is 23.9 Å². The van der Waals surface area contributed by atoms with Gasteiger partial charge < -0.3 is 9.47 Å². The second-order valence-corrected chi connectivity index (χ2v) is 5.80. The minimum Gasteiger partial charge on any atom is -0.457 e. The highest BCUT2D eigenvalue weighted by molar-refractivity contribution is 5.37. The summed E-state index contributed by atoms with van der Waals surface area (Å²) in [6, 6.07) is 3.49. The highest BCUT2D eigenvalue weighted by Gasteiger charge is 2.28. The first-order chi connectivity index (χ1) is 12.9. The molecule has 3 aromatic rings. The molecule has 0 spiro atoms. The SMILES string of the molecule is COCc1cnc(OCc2cn(-c3ccc(F)c(C(C)(F)F)c3)nn2)nc1. The van der Waals surface area contributed by atoms with Crippen molar-refractivity contribution in [3.05, 3.63) is 59.4 Å². The zero-order chi connectivity index (χ0) is 19.4. The highest BCUT2D eigenvalue weighted by atomic mass is 19.3. The zero-order valence-electron chi connectivity index (χ0n) is 14.6. The average Bonchev–Trinajstić information content (AvgIpc) is 3.10. The number of ether oxygens (including phenoxy) is 2. The number of hydrogen-bond donors (Lipinski definition) is 0.